The predicted molar refractivity (Wildman–Crippen MR) is 78.9 cm³/mol. The topological polar surface area (TPSA) is 44.2 Å². The van der Waals surface area contributed by atoms with Crippen LogP contribution in [0.2, 0.25) is 5.15 Å². The molecule has 0 unspecified atom stereocenters. The Labute approximate surface area is 127 Å². The van der Waals surface area contributed by atoms with Crippen LogP contribution in [0.5, 0.6) is 17.4 Å². The van der Waals surface area contributed by atoms with E-state index in [1.165, 1.54) is 6.33 Å². The molecule has 2 rings (SSSR count). The minimum absolute atomic E-state index is 0.187. The van der Waals surface area contributed by atoms with Gasteiger partial charge in [0, 0.05) is 0 Å². The molecule has 0 saturated carbocycles. The van der Waals surface area contributed by atoms with Crippen LogP contribution in [0.15, 0.2) is 30.6 Å². The average molecular weight is 313 g/mol. The zero-order chi connectivity index (χ0) is 14.4. The highest BCUT2D eigenvalue weighted by atomic mass is 35.5. The van der Waals surface area contributed by atoms with Gasteiger partial charge in [0.25, 0.3) is 0 Å². The maximum absolute atomic E-state index is 5.94. The van der Waals surface area contributed by atoms with Crippen LogP contribution >= 0.6 is 23.2 Å². The Balaban J connectivity index is 2.12. The first-order valence-corrected chi connectivity index (χ1v) is 7.12. The number of rotatable bonds is 6. The Morgan fingerprint density at radius 2 is 1.80 bits per heavy atom. The summed E-state index contributed by atoms with van der Waals surface area (Å²) < 4.78 is 11.2. The number of hydrogen-bond donors (Lipinski definition) is 0. The van der Waals surface area contributed by atoms with E-state index < -0.39 is 0 Å². The number of ether oxygens (including phenoxy) is 2. The van der Waals surface area contributed by atoms with Crippen LogP contribution in [0, 0.1) is 0 Å². The average Bonchev–Trinajstić information content (AvgIpc) is 2.47. The third kappa shape index (κ3) is 3.74. The lowest BCUT2D eigenvalue weighted by molar-refractivity contribution is 0.317. The second-order valence-corrected chi connectivity index (χ2v) is 4.63. The highest BCUT2D eigenvalue weighted by Gasteiger charge is 2.11. The van der Waals surface area contributed by atoms with Crippen molar-refractivity contribution in [1.29, 1.82) is 0 Å². The molecule has 0 fully saturated rings. The zero-order valence-electron chi connectivity index (χ0n) is 11.0. The molecule has 0 amide bonds. The van der Waals surface area contributed by atoms with Gasteiger partial charge in [0.05, 0.1) is 18.1 Å². The Bertz CT molecular complexity index is 562. The maximum Gasteiger partial charge on any atom is 0.228 e. The molecule has 0 aliphatic heterocycles. The first kappa shape index (κ1) is 14.9. The molecule has 0 aliphatic carbocycles. The lowest BCUT2D eigenvalue weighted by Gasteiger charge is -2.09. The Hall–Kier alpha value is -1.52. The van der Waals surface area contributed by atoms with Crippen molar-refractivity contribution in [3.8, 4) is 17.4 Å². The number of alkyl halides is 1. The predicted octanol–water partition coefficient (Wildman–Crippen LogP) is 4.45. The molecule has 4 nitrogen and oxygen atoms in total. The van der Waals surface area contributed by atoms with Crippen molar-refractivity contribution in [2.45, 2.75) is 19.2 Å². The first-order chi connectivity index (χ1) is 9.74. The highest BCUT2D eigenvalue weighted by molar-refractivity contribution is 6.31. The summed E-state index contributed by atoms with van der Waals surface area (Å²) in [5, 5.41) is 0.299. The lowest BCUT2D eigenvalue weighted by atomic mass is 10.3. The summed E-state index contributed by atoms with van der Waals surface area (Å²) in [4.78, 5) is 7.91. The van der Waals surface area contributed by atoms with E-state index in [0.29, 0.717) is 29.0 Å². The molecule has 0 atom stereocenters. The monoisotopic (exact) mass is 312 g/mol. The van der Waals surface area contributed by atoms with E-state index in [2.05, 4.69) is 16.9 Å². The lowest BCUT2D eigenvalue weighted by Crippen LogP contribution is -1.97. The number of benzene rings is 1. The minimum Gasteiger partial charge on any atom is -0.494 e. The largest absolute Gasteiger partial charge is 0.494 e. The maximum atomic E-state index is 5.94. The van der Waals surface area contributed by atoms with E-state index in [1.807, 2.05) is 12.1 Å². The smallest absolute Gasteiger partial charge is 0.228 e. The van der Waals surface area contributed by atoms with Crippen LogP contribution < -0.4 is 9.47 Å². The summed E-state index contributed by atoms with van der Waals surface area (Å²) in [7, 11) is 0. The quantitative estimate of drug-likeness (QED) is 0.584. The molecule has 1 heterocycles. The molecule has 20 heavy (non-hydrogen) atoms. The Kier molecular flexibility index (Phi) is 5.44. The van der Waals surface area contributed by atoms with E-state index in [-0.39, 0.29) is 5.88 Å². The van der Waals surface area contributed by atoms with Gasteiger partial charge in [-0.25, -0.2) is 9.97 Å². The van der Waals surface area contributed by atoms with Gasteiger partial charge < -0.3 is 9.47 Å². The fourth-order valence-corrected chi connectivity index (χ4v) is 2.01. The first-order valence-electron chi connectivity index (χ1n) is 6.20. The van der Waals surface area contributed by atoms with Crippen molar-refractivity contribution in [1.82, 2.24) is 9.97 Å². The Morgan fingerprint density at radius 1 is 1.10 bits per heavy atom. The molecule has 0 N–H and O–H groups in total. The van der Waals surface area contributed by atoms with Gasteiger partial charge in [-0.05, 0) is 30.7 Å². The van der Waals surface area contributed by atoms with Gasteiger partial charge in [-0.3, -0.25) is 0 Å². The van der Waals surface area contributed by atoms with E-state index in [9.17, 15) is 0 Å². The molecule has 1 aromatic heterocycles. The molecule has 0 spiro atoms. The normalized spacial score (nSPS) is 10.3. The van der Waals surface area contributed by atoms with Crippen molar-refractivity contribution in [2.75, 3.05) is 6.61 Å². The summed E-state index contributed by atoms with van der Waals surface area (Å²) in [6.07, 6.45) is 2.31. The van der Waals surface area contributed by atoms with Crippen molar-refractivity contribution in [3.05, 3.63) is 41.3 Å². The number of halogens is 2. The number of hydrogen-bond acceptors (Lipinski definition) is 4. The van der Waals surface area contributed by atoms with Gasteiger partial charge in [-0.15, -0.1) is 11.6 Å². The van der Waals surface area contributed by atoms with E-state index in [4.69, 9.17) is 32.7 Å². The number of nitrogens with zero attached hydrogens (tertiary/aromatic N) is 2. The molecule has 106 valence electrons. The molecule has 2 aromatic rings. The van der Waals surface area contributed by atoms with Crippen molar-refractivity contribution < 1.29 is 9.47 Å². The number of aromatic nitrogens is 2. The minimum atomic E-state index is 0.187. The molecule has 0 bridgehead atoms. The summed E-state index contributed by atoms with van der Waals surface area (Å²) >= 11 is 11.8. The van der Waals surface area contributed by atoms with Crippen LogP contribution in [0.25, 0.3) is 0 Å². The molecule has 6 heteroatoms. The summed E-state index contributed by atoms with van der Waals surface area (Å²) in [5.41, 5.74) is 0.571. The summed E-state index contributed by atoms with van der Waals surface area (Å²) in [5.74, 6) is 1.99. The van der Waals surface area contributed by atoms with Gasteiger partial charge in [0.1, 0.15) is 23.0 Å². The van der Waals surface area contributed by atoms with Gasteiger partial charge in [-0.2, -0.15) is 0 Å². The van der Waals surface area contributed by atoms with Crippen LogP contribution in [-0.2, 0) is 5.88 Å². The molecule has 1 aromatic carbocycles. The van der Waals surface area contributed by atoms with Crippen LogP contribution in [-0.4, -0.2) is 16.6 Å². The van der Waals surface area contributed by atoms with Gasteiger partial charge in [0.2, 0.25) is 5.88 Å². The van der Waals surface area contributed by atoms with Crippen molar-refractivity contribution >= 4 is 23.2 Å². The standard InChI is InChI=1S/C14H14Cl2N2O2/c1-2-7-19-10-3-5-11(6-4-10)20-14-12(8-15)13(16)17-9-18-14/h3-6,9H,2,7-8H2,1H3. The third-order valence-corrected chi connectivity index (χ3v) is 3.09. The fraction of sp³-hybridized carbons (Fsp3) is 0.286. The second-order valence-electron chi connectivity index (χ2n) is 4.00. The Morgan fingerprint density at radius 3 is 2.45 bits per heavy atom. The molecule has 0 saturated heterocycles. The highest BCUT2D eigenvalue weighted by Crippen LogP contribution is 2.29. The third-order valence-electron chi connectivity index (χ3n) is 2.50. The summed E-state index contributed by atoms with van der Waals surface area (Å²) in [6.45, 7) is 2.75. The van der Waals surface area contributed by atoms with E-state index in [1.54, 1.807) is 12.1 Å². The zero-order valence-corrected chi connectivity index (χ0v) is 12.5. The van der Waals surface area contributed by atoms with Crippen LogP contribution in [0.1, 0.15) is 18.9 Å². The van der Waals surface area contributed by atoms with Crippen molar-refractivity contribution in [3.63, 3.8) is 0 Å². The molecular formula is C14H14Cl2N2O2. The fourth-order valence-electron chi connectivity index (χ4n) is 1.51. The van der Waals surface area contributed by atoms with Gasteiger partial charge in [0.15, 0.2) is 0 Å². The molecular weight excluding hydrogens is 299 g/mol. The SMILES string of the molecule is CCCOc1ccc(Oc2ncnc(Cl)c2CCl)cc1. The van der Waals surface area contributed by atoms with E-state index in [0.717, 1.165) is 12.2 Å². The van der Waals surface area contributed by atoms with Gasteiger partial charge >= 0.3 is 0 Å². The van der Waals surface area contributed by atoms with Crippen LogP contribution in [0.4, 0.5) is 0 Å². The molecule has 0 radical (unpaired) electrons. The second kappa shape index (κ2) is 7.31. The van der Waals surface area contributed by atoms with Crippen LogP contribution in [0.3, 0.4) is 0 Å². The summed E-state index contributed by atoms with van der Waals surface area (Å²) in [6, 6.07) is 7.29. The molecule has 0 aliphatic rings. The van der Waals surface area contributed by atoms with E-state index >= 15 is 0 Å². The van der Waals surface area contributed by atoms with Crippen molar-refractivity contribution in [2.24, 2.45) is 0 Å². The van der Waals surface area contributed by atoms with Gasteiger partial charge in [-0.1, -0.05) is 18.5 Å².